The summed E-state index contributed by atoms with van der Waals surface area (Å²) in [6.45, 7) is 4.56. The third-order valence-corrected chi connectivity index (χ3v) is 7.46. The fourth-order valence-corrected chi connectivity index (χ4v) is 5.14. The van der Waals surface area contributed by atoms with E-state index >= 15 is 0 Å². The van der Waals surface area contributed by atoms with Crippen molar-refractivity contribution in [2.45, 2.75) is 26.8 Å². The minimum absolute atomic E-state index is 0.102. The fraction of sp³-hybridized carbons (Fsp3) is 0.176. The monoisotopic (exact) mass is 622 g/mol. The van der Waals surface area contributed by atoms with E-state index < -0.39 is 0 Å². The quantitative estimate of drug-likeness (QED) is 0.125. The SMILES string of the molecule is Cc1ccc(N(CCCn2c(-c3ccccc3)nc3ccccc3c2=O)C(=O)CON=Cc2ccc(Br)cc2)c(C)c1. The van der Waals surface area contributed by atoms with Crippen LogP contribution in [0.15, 0.2) is 111 Å². The van der Waals surface area contributed by atoms with Crippen molar-refractivity contribution in [1.29, 1.82) is 0 Å². The topological polar surface area (TPSA) is 76.8 Å². The summed E-state index contributed by atoms with van der Waals surface area (Å²) in [6, 6.07) is 30.7. The molecule has 4 aromatic carbocycles. The number of hydrogen-bond donors (Lipinski definition) is 0. The van der Waals surface area contributed by atoms with Crippen molar-refractivity contribution in [3.05, 3.63) is 129 Å². The molecule has 0 fully saturated rings. The lowest BCUT2D eigenvalue weighted by Crippen LogP contribution is -2.36. The number of nitrogens with zero attached hydrogens (tertiary/aromatic N) is 4. The first-order chi connectivity index (χ1) is 20.4. The molecule has 0 N–H and O–H groups in total. The van der Waals surface area contributed by atoms with Gasteiger partial charge in [-0.05, 0) is 61.7 Å². The van der Waals surface area contributed by atoms with Crippen LogP contribution >= 0.6 is 15.9 Å². The van der Waals surface area contributed by atoms with Gasteiger partial charge in [-0.15, -0.1) is 0 Å². The highest BCUT2D eigenvalue weighted by atomic mass is 79.9. The first-order valence-corrected chi connectivity index (χ1v) is 14.5. The number of amides is 1. The second-order valence-corrected chi connectivity index (χ2v) is 10.9. The Labute approximate surface area is 253 Å². The lowest BCUT2D eigenvalue weighted by atomic mass is 10.1. The van der Waals surface area contributed by atoms with Crippen molar-refractivity contribution in [1.82, 2.24) is 9.55 Å². The van der Waals surface area contributed by atoms with Crippen molar-refractivity contribution < 1.29 is 9.63 Å². The number of para-hydroxylation sites is 1. The first kappa shape index (κ1) is 29.0. The Morgan fingerprint density at radius 1 is 0.976 bits per heavy atom. The summed E-state index contributed by atoms with van der Waals surface area (Å²) < 4.78 is 2.68. The molecule has 0 saturated heterocycles. The summed E-state index contributed by atoms with van der Waals surface area (Å²) in [4.78, 5) is 39.0. The van der Waals surface area contributed by atoms with Gasteiger partial charge >= 0.3 is 0 Å². The number of carbonyl (C=O) groups is 1. The highest BCUT2D eigenvalue weighted by molar-refractivity contribution is 9.10. The molecule has 1 amide bonds. The molecule has 0 radical (unpaired) electrons. The zero-order valence-electron chi connectivity index (χ0n) is 23.5. The lowest BCUT2D eigenvalue weighted by molar-refractivity contribution is -0.123. The standard InChI is InChI=1S/C34H31BrN4O3/c1-24-13-18-31(25(2)21-24)38(32(40)23-42-36-22-26-14-16-28(35)17-15-26)19-8-20-39-33(27-9-4-3-5-10-27)37-30-12-7-6-11-29(30)34(39)41/h3-7,9-18,21-22H,8,19-20,23H2,1-2H3. The van der Waals surface area contributed by atoms with E-state index in [0.29, 0.717) is 36.2 Å². The maximum absolute atomic E-state index is 13.6. The largest absolute Gasteiger partial charge is 0.386 e. The fourth-order valence-electron chi connectivity index (χ4n) is 4.88. The van der Waals surface area contributed by atoms with Crippen LogP contribution in [0.5, 0.6) is 0 Å². The third kappa shape index (κ3) is 6.83. The normalized spacial score (nSPS) is 11.2. The predicted octanol–water partition coefficient (Wildman–Crippen LogP) is 6.92. The Morgan fingerprint density at radius 2 is 1.71 bits per heavy atom. The molecule has 0 aliphatic carbocycles. The van der Waals surface area contributed by atoms with Gasteiger partial charge in [0.15, 0.2) is 6.61 Å². The number of anilines is 1. The summed E-state index contributed by atoms with van der Waals surface area (Å²) in [7, 11) is 0. The van der Waals surface area contributed by atoms with E-state index in [4.69, 9.17) is 9.82 Å². The van der Waals surface area contributed by atoms with Crippen LogP contribution in [0.25, 0.3) is 22.3 Å². The van der Waals surface area contributed by atoms with Crippen LogP contribution in [0.3, 0.4) is 0 Å². The highest BCUT2D eigenvalue weighted by Crippen LogP contribution is 2.23. The third-order valence-electron chi connectivity index (χ3n) is 6.94. The van der Waals surface area contributed by atoms with Crippen molar-refractivity contribution in [3.63, 3.8) is 0 Å². The molecule has 7 nitrogen and oxygen atoms in total. The summed E-state index contributed by atoms with van der Waals surface area (Å²) in [5.41, 5.74) is 5.18. The zero-order chi connectivity index (χ0) is 29.5. The molecule has 0 spiro atoms. The van der Waals surface area contributed by atoms with Crippen molar-refractivity contribution >= 4 is 44.6 Å². The molecule has 5 rings (SSSR count). The van der Waals surface area contributed by atoms with Gasteiger partial charge in [0.05, 0.1) is 17.1 Å². The summed E-state index contributed by atoms with van der Waals surface area (Å²) in [6.07, 6.45) is 2.10. The number of fused-ring (bicyclic) bond motifs is 1. The van der Waals surface area contributed by atoms with Crippen molar-refractivity contribution in [2.24, 2.45) is 5.16 Å². The van der Waals surface area contributed by atoms with Gasteiger partial charge in [-0.25, -0.2) is 4.98 Å². The second kappa shape index (κ2) is 13.4. The van der Waals surface area contributed by atoms with Gasteiger partial charge in [0.25, 0.3) is 11.5 Å². The molecule has 1 heterocycles. The van der Waals surface area contributed by atoms with Gasteiger partial charge in [-0.3, -0.25) is 14.2 Å². The Bertz CT molecular complexity index is 1780. The number of benzene rings is 4. The zero-order valence-corrected chi connectivity index (χ0v) is 25.1. The van der Waals surface area contributed by atoms with E-state index in [-0.39, 0.29) is 18.1 Å². The van der Waals surface area contributed by atoms with E-state index in [2.05, 4.69) is 21.1 Å². The van der Waals surface area contributed by atoms with Gasteiger partial charge in [0.2, 0.25) is 0 Å². The number of halogens is 1. The summed E-state index contributed by atoms with van der Waals surface area (Å²) in [5.74, 6) is 0.386. The molecule has 8 heteroatoms. The van der Waals surface area contributed by atoms with Gasteiger partial charge in [-0.2, -0.15) is 0 Å². The molecule has 42 heavy (non-hydrogen) atoms. The van der Waals surface area contributed by atoms with Gasteiger partial charge in [-0.1, -0.05) is 93.4 Å². The molecule has 0 atom stereocenters. The van der Waals surface area contributed by atoms with Crippen LogP contribution in [-0.2, 0) is 16.2 Å². The highest BCUT2D eigenvalue weighted by Gasteiger charge is 2.19. The van der Waals surface area contributed by atoms with Gasteiger partial charge in [0.1, 0.15) is 5.82 Å². The summed E-state index contributed by atoms with van der Waals surface area (Å²) in [5, 5.41) is 4.56. The van der Waals surface area contributed by atoms with Crippen LogP contribution in [0, 0.1) is 13.8 Å². The minimum atomic E-state index is -0.220. The van der Waals surface area contributed by atoms with Crippen LogP contribution in [-0.4, -0.2) is 34.8 Å². The number of oxime groups is 1. The lowest BCUT2D eigenvalue weighted by Gasteiger charge is -2.25. The molecule has 0 bridgehead atoms. The maximum Gasteiger partial charge on any atom is 0.267 e. The smallest absolute Gasteiger partial charge is 0.267 e. The first-order valence-electron chi connectivity index (χ1n) is 13.7. The van der Waals surface area contributed by atoms with Crippen LogP contribution in [0.2, 0.25) is 0 Å². The molecule has 1 aromatic heterocycles. The van der Waals surface area contributed by atoms with E-state index in [1.165, 1.54) is 0 Å². The maximum atomic E-state index is 13.6. The molecule has 212 valence electrons. The Balaban J connectivity index is 1.37. The second-order valence-electron chi connectivity index (χ2n) is 10.0. The molecule has 0 aliphatic rings. The van der Waals surface area contributed by atoms with Crippen LogP contribution in [0.1, 0.15) is 23.1 Å². The molecule has 5 aromatic rings. The van der Waals surface area contributed by atoms with Crippen LogP contribution in [0.4, 0.5) is 5.69 Å². The van der Waals surface area contributed by atoms with Crippen molar-refractivity contribution in [3.8, 4) is 11.4 Å². The average Bonchev–Trinajstić information content (AvgIpc) is 3.00. The Morgan fingerprint density at radius 3 is 2.48 bits per heavy atom. The van der Waals surface area contributed by atoms with Crippen molar-refractivity contribution in [2.75, 3.05) is 18.1 Å². The number of aromatic nitrogens is 2. The van der Waals surface area contributed by atoms with E-state index in [9.17, 15) is 9.59 Å². The summed E-state index contributed by atoms with van der Waals surface area (Å²) >= 11 is 3.41. The van der Waals surface area contributed by atoms with E-state index in [1.807, 2.05) is 105 Å². The molecule has 0 aliphatic heterocycles. The van der Waals surface area contributed by atoms with Gasteiger partial charge < -0.3 is 9.74 Å². The Hall–Kier alpha value is -4.56. The number of aryl methyl sites for hydroxylation is 2. The molecule has 0 unspecified atom stereocenters. The molecular formula is C34H31BrN4O3. The molecule has 0 saturated carbocycles. The molecular weight excluding hydrogens is 592 g/mol. The van der Waals surface area contributed by atoms with E-state index in [1.54, 1.807) is 21.7 Å². The Kier molecular flexibility index (Phi) is 9.24. The number of hydrogen-bond acceptors (Lipinski definition) is 5. The number of carbonyl (C=O) groups excluding carboxylic acids is 1. The van der Waals surface area contributed by atoms with E-state index in [0.717, 1.165) is 32.4 Å². The average molecular weight is 624 g/mol. The van der Waals surface area contributed by atoms with Crippen LogP contribution < -0.4 is 10.5 Å². The number of rotatable bonds is 10. The van der Waals surface area contributed by atoms with Gasteiger partial charge in [0, 0.05) is 28.8 Å². The predicted molar refractivity (Wildman–Crippen MR) is 172 cm³/mol. The minimum Gasteiger partial charge on any atom is -0.386 e.